The third-order valence-electron chi connectivity index (χ3n) is 0.906. The van der Waals surface area contributed by atoms with E-state index in [1.165, 1.54) is 11.3 Å². The van der Waals surface area contributed by atoms with E-state index in [2.05, 4.69) is 26.7 Å². The number of rotatable bonds is 1. The van der Waals surface area contributed by atoms with E-state index in [0.29, 0.717) is 4.88 Å². The van der Waals surface area contributed by atoms with Gasteiger partial charge in [-0.25, -0.2) is 0 Å². The summed E-state index contributed by atoms with van der Waals surface area (Å²) in [6, 6.07) is 3.58. The first-order chi connectivity index (χ1) is 4.84. The lowest BCUT2D eigenvalue weighted by atomic mass is 10.3. The molecule has 50 valence electrons. The molecule has 0 aliphatic carbocycles. The van der Waals surface area contributed by atoms with Crippen LogP contribution in [0.25, 0.3) is 0 Å². The molecule has 0 aromatic carbocycles. The van der Waals surface area contributed by atoms with E-state index in [4.69, 9.17) is 0 Å². The summed E-state index contributed by atoms with van der Waals surface area (Å²) in [6.07, 6.45) is 0. The van der Waals surface area contributed by atoms with Crippen LogP contribution in [-0.2, 0) is 0 Å². The standard InChI is InChI=1S/C7H3BrOS/c8-4-3-6(9)7-2-1-5-10-7/h1-2,5H. The van der Waals surface area contributed by atoms with Crippen LogP contribution in [0.4, 0.5) is 0 Å². The first-order valence-corrected chi connectivity index (χ1v) is 4.21. The zero-order valence-corrected chi connectivity index (χ0v) is 7.33. The van der Waals surface area contributed by atoms with Gasteiger partial charge < -0.3 is 0 Å². The predicted octanol–water partition coefficient (Wildman–Crippen LogP) is 2.29. The van der Waals surface area contributed by atoms with Crippen LogP contribution in [0.5, 0.6) is 0 Å². The normalized spacial score (nSPS) is 8.10. The van der Waals surface area contributed by atoms with Crippen LogP contribution in [-0.4, -0.2) is 5.78 Å². The lowest BCUT2D eigenvalue weighted by Gasteiger charge is -1.79. The van der Waals surface area contributed by atoms with Crippen molar-refractivity contribution in [1.29, 1.82) is 0 Å². The maximum Gasteiger partial charge on any atom is 0.246 e. The van der Waals surface area contributed by atoms with Crippen molar-refractivity contribution in [3.63, 3.8) is 0 Å². The van der Waals surface area contributed by atoms with Crippen molar-refractivity contribution in [2.75, 3.05) is 0 Å². The first kappa shape index (κ1) is 7.52. The van der Waals surface area contributed by atoms with Gasteiger partial charge in [0.1, 0.15) is 0 Å². The summed E-state index contributed by atoms with van der Waals surface area (Å²) < 4.78 is 0. The second-order valence-corrected chi connectivity index (χ2v) is 2.87. The van der Waals surface area contributed by atoms with E-state index < -0.39 is 0 Å². The summed E-state index contributed by atoms with van der Waals surface area (Å²) >= 11 is 4.26. The van der Waals surface area contributed by atoms with Crippen LogP contribution in [0.3, 0.4) is 0 Å². The second-order valence-electron chi connectivity index (χ2n) is 1.53. The van der Waals surface area contributed by atoms with Crippen LogP contribution in [0, 0.1) is 10.8 Å². The van der Waals surface area contributed by atoms with Crippen LogP contribution < -0.4 is 0 Å². The number of hydrogen-bond acceptors (Lipinski definition) is 2. The number of halogens is 1. The highest BCUT2D eigenvalue weighted by atomic mass is 79.9. The third-order valence-corrected chi connectivity index (χ3v) is 1.97. The maximum atomic E-state index is 10.9. The van der Waals surface area contributed by atoms with Gasteiger partial charge in [-0.1, -0.05) is 6.07 Å². The minimum Gasteiger partial charge on any atom is -0.278 e. The van der Waals surface area contributed by atoms with Crippen molar-refractivity contribution in [3.8, 4) is 10.8 Å². The molecule has 0 saturated heterocycles. The minimum atomic E-state index is -0.133. The predicted molar refractivity (Wildman–Crippen MR) is 45.4 cm³/mol. The highest BCUT2D eigenvalue weighted by Crippen LogP contribution is 2.08. The van der Waals surface area contributed by atoms with Crippen molar-refractivity contribution >= 4 is 33.0 Å². The van der Waals surface area contributed by atoms with E-state index in [9.17, 15) is 4.79 Å². The molecule has 1 aromatic rings. The van der Waals surface area contributed by atoms with E-state index >= 15 is 0 Å². The number of carbonyl (C=O) groups excluding carboxylic acids is 1. The fourth-order valence-electron chi connectivity index (χ4n) is 0.512. The lowest BCUT2D eigenvalue weighted by molar-refractivity contribution is 0.106. The Kier molecular flexibility index (Phi) is 2.67. The number of hydrogen-bond donors (Lipinski definition) is 0. The Hall–Kier alpha value is -0.590. The van der Waals surface area contributed by atoms with Crippen molar-refractivity contribution in [3.05, 3.63) is 22.4 Å². The van der Waals surface area contributed by atoms with Gasteiger partial charge in [-0.05, 0) is 22.2 Å². The van der Waals surface area contributed by atoms with E-state index in [-0.39, 0.29) is 5.78 Å². The average Bonchev–Trinajstić information content (AvgIpc) is 2.38. The largest absolute Gasteiger partial charge is 0.278 e. The van der Waals surface area contributed by atoms with Gasteiger partial charge in [0.25, 0.3) is 0 Å². The molecular weight excluding hydrogens is 212 g/mol. The molecule has 3 heteroatoms. The van der Waals surface area contributed by atoms with E-state index in [1.54, 1.807) is 6.07 Å². The quantitative estimate of drug-likeness (QED) is 0.518. The third kappa shape index (κ3) is 1.69. The monoisotopic (exact) mass is 214 g/mol. The zero-order valence-electron chi connectivity index (χ0n) is 4.93. The molecule has 0 unspecified atom stereocenters. The number of Topliss-reactive ketones (excluding diaryl/α,β-unsaturated/α-hetero) is 1. The Balaban J connectivity index is 2.85. The van der Waals surface area contributed by atoms with E-state index in [0.717, 1.165) is 0 Å². The SMILES string of the molecule is O=C(C#CBr)c1cccs1. The molecule has 0 amide bonds. The first-order valence-electron chi connectivity index (χ1n) is 2.54. The Labute approximate surface area is 71.2 Å². The highest BCUT2D eigenvalue weighted by molar-refractivity contribution is 9.12. The smallest absolute Gasteiger partial charge is 0.246 e. The van der Waals surface area contributed by atoms with Gasteiger partial charge in [0, 0.05) is 15.9 Å². The molecule has 1 aromatic heterocycles. The van der Waals surface area contributed by atoms with Crippen molar-refractivity contribution in [2.45, 2.75) is 0 Å². The fourth-order valence-corrected chi connectivity index (χ4v) is 1.31. The summed E-state index contributed by atoms with van der Waals surface area (Å²) in [5.41, 5.74) is 0. The molecule has 0 radical (unpaired) electrons. The van der Waals surface area contributed by atoms with Crippen molar-refractivity contribution in [1.82, 2.24) is 0 Å². The van der Waals surface area contributed by atoms with Crippen LogP contribution in [0.15, 0.2) is 17.5 Å². The van der Waals surface area contributed by atoms with Gasteiger partial charge in [0.05, 0.1) is 4.88 Å². The van der Waals surface area contributed by atoms with E-state index in [1.807, 2.05) is 11.4 Å². The highest BCUT2D eigenvalue weighted by Gasteiger charge is 2.00. The number of thiophene rings is 1. The fraction of sp³-hybridized carbons (Fsp3) is 0. The molecule has 0 aliphatic rings. The Morgan fingerprint density at radius 2 is 2.50 bits per heavy atom. The average molecular weight is 215 g/mol. The summed E-state index contributed by atoms with van der Waals surface area (Å²) in [5.74, 6) is 2.25. The summed E-state index contributed by atoms with van der Waals surface area (Å²) in [4.78, 5) is 14.0. The summed E-state index contributed by atoms with van der Waals surface area (Å²) in [5, 5.41) is 1.85. The van der Waals surface area contributed by atoms with Gasteiger partial charge in [0.2, 0.25) is 5.78 Å². The van der Waals surface area contributed by atoms with Crippen molar-refractivity contribution in [2.24, 2.45) is 0 Å². The molecule has 1 heterocycles. The van der Waals surface area contributed by atoms with Gasteiger partial charge in [-0.15, -0.1) is 11.3 Å². The van der Waals surface area contributed by atoms with Gasteiger partial charge in [0.15, 0.2) is 0 Å². The second kappa shape index (κ2) is 3.55. The van der Waals surface area contributed by atoms with Crippen molar-refractivity contribution < 1.29 is 4.79 Å². The van der Waals surface area contributed by atoms with Gasteiger partial charge >= 0.3 is 0 Å². The molecule has 0 bridgehead atoms. The van der Waals surface area contributed by atoms with Gasteiger partial charge in [-0.2, -0.15) is 0 Å². The Bertz CT molecular complexity index is 278. The Morgan fingerprint density at radius 1 is 1.70 bits per heavy atom. The van der Waals surface area contributed by atoms with Crippen LogP contribution in [0.2, 0.25) is 0 Å². The molecule has 1 rings (SSSR count). The van der Waals surface area contributed by atoms with Crippen LogP contribution >= 0.6 is 27.3 Å². The summed E-state index contributed by atoms with van der Waals surface area (Å²) in [7, 11) is 0. The zero-order chi connectivity index (χ0) is 7.40. The molecule has 0 aliphatic heterocycles. The molecule has 0 N–H and O–H groups in total. The number of ketones is 1. The van der Waals surface area contributed by atoms with Gasteiger partial charge in [-0.3, -0.25) is 4.79 Å². The lowest BCUT2D eigenvalue weighted by Crippen LogP contribution is -1.88. The molecule has 10 heavy (non-hydrogen) atoms. The molecule has 0 atom stereocenters. The molecule has 0 spiro atoms. The maximum absolute atomic E-state index is 10.9. The molecule has 0 fully saturated rings. The summed E-state index contributed by atoms with van der Waals surface area (Å²) in [6.45, 7) is 0. The van der Waals surface area contributed by atoms with Crippen LogP contribution in [0.1, 0.15) is 9.67 Å². The number of carbonyl (C=O) groups is 1. The molecule has 1 nitrogen and oxygen atoms in total. The molecular formula is C7H3BrOS. The minimum absolute atomic E-state index is 0.133. The topological polar surface area (TPSA) is 17.1 Å². The Morgan fingerprint density at radius 3 is 3.00 bits per heavy atom. The molecule has 0 saturated carbocycles.